The van der Waals surface area contributed by atoms with E-state index in [9.17, 15) is 10.1 Å². The highest BCUT2D eigenvalue weighted by Gasteiger charge is 2.25. The van der Waals surface area contributed by atoms with Gasteiger partial charge in [0.15, 0.2) is 0 Å². The molecular weight excluding hydrogens is 482 g/mol. The van der Waals surface area contributed by atoms with Crippen LogP contribution in [0.3, 0.4) is 0 Å². The Morgan fingerprint density at radius 1 is 1.23 bits per heavy atom. The zero-order valence-corrected chi connectivity index (χ0v) is 24.0. The monoisotopic (exact) mass is 525 g/mol. The van der Waals surface area contributed by atoms with Gasteiger partial charge in [0.25, 0.3) is 0 Å². The number of rotatable bonds is 10. The Morgan fingerprint density at radius 2 is 2.03 bits per heavy atom. The van der Waals surface area contributed by atoms with Crippen molar-refractivity contribution < 1.29 is 4.79 Å². The fourth-order valence-corrected chi connectivity index (χ4v) is 6.14. The smallest absolute Gasteiger partial charge is 0.227 e. The van der Waals surface area contributed by atoms with Gasteiger partial charge in [0, 0.05) is 30.3 Å². The standard InChI is InChI=1S/C33H43N5O/c1-5-12-27(26-13-9-10-14-26)20-31(36-24(3)4)29(6-2)30-19-25(21-34)16-17-32(30)38-23-28(22-35-38)37-18-11-7-8-15-33(37)39/h16-17,19-20,22-23,26,29H,3,5-15,18H2,1-2,4H3/b27-20+,36-31+. The lowest BCUT2D eigenvalue weighted by Crippen LogP contribution is -2.29. The van der Waals surface area contributed by atoms with Crippen LogP contribution in [-0.4, -0.2) is 27.9 Å². The molecule has 1 unspecified atom stereocenters. The van der Waals surface area contributed by atoms with Crippen LogP contribution in [0.15, 0.2) is 59.5 Å². The quantitative estimate of drug-likeness (QED) is 0.295. The summed E-state index contributed by atoms with van der Waals surface area (Å²) in [4.78, 5) is 19.6. The van der Waals surface area contributed by atoms with Crippen molar-refractivity contribution in [1.29, 1.82) is 5.26 Å². The first-order chi connectivity index (χ1) is 18.9. The summed E-state index contributed by atoms with van der Waals surface area (Å²) in [5, 5.41) is 14.5. The van der Waals surface area contributed by atoms with Crippen LogP contribution >= 0.6 is 0 Å². The van der Waals surface area contributed by atoms with Crippen LogP contribution in [0.1, 0.15) is 108 Å². The maximum atomic E-state index is 12.7. The largest absolute Gasteiger partial charge is 0.309 e. The van der Waals surface area contributed by atoms with Crippen LogP contribution in [0.4, 0.5) is 5.69 Å². The van der Waals surface area contributed by atoms with Gasteiger partial charge >= 0.3 is 0 Å². The zero-order chi connectivity index (χ0) is 27.8. The van der Waals surface area contributed by atoms with Gasteiger partial charge in [-0.25, -0.2) is 4.68 Å². The molecule has 1 saturated carbocycles. The molecule has 1 aliphatic heterocycles. The summed E-state index contributed by atoms with van der Waals surface area (Å²) in [5.41, 5.74) is 6.65. The number of carbonyl (C=O) groups is 1. The van der Waals surface area contributed by atoms with Gasteiger partial charge in [-0.05, 0) is 81.2 Å². The van der Waals surface area contributed by atoms with Crippen molar-refractivity contribution >= 4 is 17.3 Å². The molecule has 4 rings (SSSR count). The van der Waals surface area contributed by atoms with Gasteiger partial charge in [-0.2, -0.15) is 10.4 Å². The van der Waals surface area contributed by atoms with Gasteiger partial charge in [0.2, 0.25) is 5.91 Å². The minimum atomic E-state index is -0.0225. The molecule has 1 aromatic carbocycles. The van der Waals surface area contributed by atoms with Crippen molar-refractivity contribution in [2.24, 2.45) is 10.9 Å². The van der Waals surface area contributed by atoms with E-state index in [0.29, 0.717) is 17.9 Å². The normalized spacial score (nSPS) is 18.2. The third-order valence-corrected chi connectivity index (χ3v) is 8.07. The second kappa shape index (κ2) is 13.6. The number of anilines is 1. The van der Waals surface area contributed by atoms with Gasteiger partial charge in [-0.3, -0.25) is 9.79 Å². The first kappa shape index (κ1) is 28.5. The minimum absolute atomic E-state index is 0.0225. The summed E-state index contributed by atoms with van der Waals surface area (Å²) in [5.74, 6) is 0.767. The Morgan fingerprint density at radius 3 is 2.72 bits per heavy atom. The van der Waals surface area contributed by atoms with Crippen molar-refractivity contribution in [2.45, 2.75) is 97.3 Å². The minimum Gasteiger partial charge on any atom is -0.309 e. The van der Waals surface area contributed by atoms with E-state index in [-0.39, 0.29) is 11.8 Å². The number of amides is 1. The van der Waals surface area contributed by atoms with Crippen LogP contribution in [0, 0.1) is 17.2 Å². The average molecular weight is 526 g/mol. The Bertz CT molecular complexity index is 1270. The number of aliphatic imine (C=N–C) groups is 1. The zero-order valence-electron chi connectivity index (χ0n) is 24.0. The molecule has 1 atom stereocenters. The highest BCUT2D eigenvalue weighted by Crippen LogP contribution is 2.36. The topological polar surface area (TPSA) is 74.3 Å². The summed E-state index contributed by atoms with van der Waals surface area (Å²) in [7, 11) is 0. The molecule has 6 heteroatoms. The summed E-state index contributed by atoms with van der Waals surface area (Å²) < 4.78 is 1.86. The molecule has 0 spiro atoms. The lowest BCUT2D eigenvalue weighted by molar-refractivity contribution is -0.118. The lowest BCUT2D eigenvalue weighted by atomic mass is 9.85. The molecule has 2 heterocycles. The van der Waals surface area contributed by atoms with Crippen LogP contribution in [-0.2, 0) is 4.79 Å². The maximum Gasteiger partial charge on any atom is 0.227 e. The Hall–Kier alpha value is -3.46. The van der Waals surface area contributed by atoms with E-state index < -0.39 is 0 Å². The summed E-state index contributed by atoms with van der Waals surface area (Å²) in [6, 6.07) is 8.13. The first-order valence-corrected chi connectivity index (χ1v) is 14.8. The fraction of sp³-hybridized carbons (Fsp3) is 0.515. The molecule has 0 radical (unpaired) electrons. The molecule has 1 aromatic heterocycles. The van der Waals surface area contributed by atoms with E-state index in [0.717, 1.165) is 73.4 Å². The van der Waals surface area contributed by atoms with Crippen LogP contribution < -0.4 is 4.90 Å². The van der Waals surface area contributed by atoms with Gasteiger partial charge in [-0.15, -0.1) is 0 Å². The molecule has 206 valence electrons. The molecule has 6 nitrogen and oxygen atoms in total. The molecule has 2 fully saturated rings. The number of aromatic nitrogens is 2. The number of benzene rings is 1. The van der Waals surface area contributed by atoms with Crippen molar-refractivity contribution in [1.82, 2.24) is 9.78 Å². The Balaban J connectivity index is 1.79. The predicted octanol–water partition coefficient (Wildman–Crippen LogP) is 8.04. The van der Waals surface area contributed by atoms with E-state index in [1.165, 1.54) is 31.3 Å². The molecule has 0 N–H and O–H groups in total. The van der Waals surface area contributed by atoms with Crippen molar-refractivity contribution in [3.05, 3.63) is 65.6 Å². The maximum absolute atomic E-state index is 12.7. The number of nitrogens with zero attached hydrogens (tertiary/aromatic N) is 5. The number of hydrogen-bond acceptors (Lipinski definition) is 4. The number of hydrogen-bond donors (Lipinski definition) is 0. The second-order valence-electron chi connectivity index (χ2n) is 11.1. The number of carbonyl (C=O) groups excluding carboxylic acids is 1. The predicted molar refractivity (Wildman–Crippen MR) is 159 cm³/mol. The van der Waals surface area contributed by atoms with Gasteiger partial charge < -0.3 is 4.90 Å². The molecule has 2 aliphatic rings. The van der Waals surface area contributed by atoms with Crippen LogP contribution in [0.5, 0.6) is 0 Å². The van der Waals surface area contributed by atoms with Gasteiger partial charge in [0.1, 0.15) is 0 Å². The van der Waals surface area contributed by atoms with E-state index in [1.807, 2.05) is 40.9 Å². The Kier molecular flexibility index (Phi) is 9.92. The summed E-state index contributed by atoms with van der Waals surface area (Å²) >= 11 is 0. The molecular formula is C33H43N5O. The molecule has 2 aromatic rings. The van der Waals surface area contributed by atoms with E-state index in [1.54, 1.807) is 6.20 Å². The molecule has 1 amide bonds. The van der Waals surface area contributed by atoms with Crippen molar-refractivity contribution in [3.8, 4) is 11.8 Å². The lowest BCUT2D eigenvalue weighted by Gasteiger charge is -2.23. The van der Waals surface area contributed by atoms with Gasteiger partial charge in [0.05, 0.1) is 35.4 Å². The fourth-order valence-electron chi connectivity index (χ4n) is 6.14. The average Bonchev–Trinajstić information content (AvgIpc) is 3.59. The molecule has 39 heavy (non-hydrogen) atoms. The van der Waals surface area contributed by atoms with E-state index in [2.05, 4.69) is 32.6 Å². The van der Waals surface area contributed by atoms with Crippen LogP contribution in [0.25, 0.3) is 5.69 Å². The highest BCUT2D eigenvalue weighted by molar-refractivity contribution is 6.02. The first-order valence-electron chi connectivity index (χ1n) is 14.8. The second-order valence-corrected chi connectivity index (χ2v) is 11.1. The molecule has 1 saturated heterocycles. The third-order valence-electron chi connectivity index (χ3n) is 8.07. The molecule has 0 bridgehead atoms. The van der Waals surface area contributed by atoms with Crippen LogP contribution in [0.2, 0.25) is 0 Å². The van der Waals surface area contributed by atoms with Crippen molar-refractivity contribution in [3.63, 3.8) is 0 Å². The third kappa shape index (κ3) is 6.95. The SMILES string of the molecule is C=C(C)/N=C(\C=C(/CCC)C1CCCC1)C(CC)c1cc(C#N)ccc1-n1cc(N2CCCCCC2=O)cn1. The van der Waals surface area contributed by atoms with Gasteiger partial charge in [-0.1, -0.05) is 51.7 Å². The van der Waals surface area contributed by atoms with E-state index in [4.69, 9.17) is 10.1 Å². The number of allylic oxidation sites excluding steroid dienone is 3. The summed E-state index contributed by atoms with van der Waals surface area (Å²) in [6.45, 7) is 11.2. The highest BCUT2D eigenvalue weighted by atomic mass is 16.2. The Labute approximate surface area is 234 Å². The van der Waals surface area contributed by atoms with Crippen molar-refractivity contribution in [2.75, 3.05) is 11.4 Å². The summed E-state index contributed by atoms with van der Waals surface area (Å²) in [6.07, 6.45) is 17.8. The van der Waals surface area contributed by atoms with E-state index >= 15 is 0 Å². The molecule has 1 aliphatic carbocycles. The number of nitriles is 1.